The average Bonchev–Trinajstić information content (AvgIpc) is 2.29. The van der Waals surface area contributed by atoms with Gasteiger partial charge in [0.15, 0.2) is 11.6 Å². The zero-order valence-electron chi connectivity index (χ0n) is 11.1. The standard InChI is InChI=1S/C14H18F2N2/c1-9(14(2,3)4)8-18-11-6-5-10(7-17)12(15)13(11)16/h5-6,9,18H,8H2,1-4H3. The Labute approximate surface area is 107 Å². The van der Waals surface area contributed by atoms with Crippen LogP contribution >= 0.6 is 0 Å². The maximum absolute atomic E-state index is 13.6. The zero-order valence-corrected chi connectivity index (χ0v) is 11.1. The van der Waals surface area contributed by atoms with Crippen LogP contribution in [0.1, 0.15) is 33.3 Å². The lowest BCUT2D eigenvalue weighted by Crippen LogP contribution is -2.25. The highest BCUT2D eigenvalue weighted by Crippen LogP contribution is 2.26. The van der Waals surface area contributed by atoms with Gasteiger partial charge in [-0.05, 0) is 23.5 Å². The maximum atomic E-state index is 13.6. The van der Waals surface area contributed by atoms with Crippen LogP contribution in [-0.2, 0) is 0 Å². The minimum absolute atomic E-state index is 0.0919. The van der Waals surface area contributed by atoms with E-state index in [0.29, 0.717) is 12.5 Å². The lowest BCUT2D eigenvalue weighted by molar-refractivity contribution is 0.274. The van der Waals surface area contributed by atoms with Crippen LogP contribution < -0.4 is 5.32 Å². The molecule has 0 aliphatic heterocycles. The smallest absolute Gasteiger partial charge is 0.183 e. The van der Waals surface area contributed by atoms with E-state index in [9.17, 15) is 8.78 Å². The maximum Gasteiger partial charge on any atom is 0.183 e. The summed E-state index contributed by atoms with van der Waals surface area (Å²) >= 11 is 0. The van der Waals surface area contributed by atoms with Gasteiger partial charge in [-0.1, -0.05) is 27.7 Å². The molecular weight excluding hydrogens is 234 g/mol. The number of nitriles is 1. The number of anilines is 1. The third kappa shape index (κ3) is 3.19. The SMILES string of the molecule is CC(CNc1ccc(C#N)c(F)c1F)C(C)(C)C. The van der Waals surface area contributed by atoms with E-state index >= 15 is 0 Å². The lowest BCUT2D eigenvalue weighted by atomic mass is 9.82. The molecule has 1 unspecified atom stereocenters. The molecule has 0 fully saturated rings. The summed E-state index contributed by atoms with van der Waals surface area (Å²) in [5.41, 5.74) is -0.0845. The Hall–Kier alpha value is -1.63. The fourth-order valence-corrected chi connectivity index (χ4v) is 1.34. The van der Waals surface area contributed by atoms with Gasteiger partial charge < -0.3 is 5.32 Å². The average molecular weight is 252 g/mol. The number of nitrogens with zero attached hydrogens (tertiary/aromatic N) is 1. The van der Waals surface area contributed by atoms with Gasteiger partial charge in [0.1, 0.15) is 6.07 Å². The van der Waals surface area contributed by atoms with Crippen LogP contribution in [0.2, 0.25) is 0 Å². The summed E-state index contributed by atoms with van der Waals surface area (Å²) in [6, 6.07) is 4.29. The van der Waals surface area contributed by atoms with Gasteiger partial charge in [-0.2, -0.15) is 5.26 Å². The first-order chi connectivity index (χ1) is 8.27. The summed E-state index contributed by atoms with van der Waals surface area (Å²) in [5, 5.41) is 11.5. The minimum Gasteiger partial charge on any atom is -0.382 e. The van der Waals surface area contributed by atoms with E-state index in [-0.39, 0.29) is 16.7 Å². The van der Waals surface area contributed by atoms with Crippen molar-refractivity contribution in [3.8, 4) is 6.07 Å². The highest BCUT2D eigenvalue weighted by Gasteiger charge is 2.20. The second kappa shape index (κ2) is 5.34. The van der Waals surface area contributed by atoms with Crippen LogP contribution in [0.5, 0.6) is 0 Å². The number of hydrogen-bond acceptors (Lipinski definition) is 2. The number of halogens is 2. The summed E-state index contributed by atoms with van der Waals surface area (Å²) in [7, 11) is 0. The molecule has 4 heteroatoms. The molecule has 1 atom stereocenters. The molecule has 1 aromatic carbocycles. The van der Waals surface area contributed by atoms with Crippen molar-refractivity contribution in [3.63, 3.8) is 0 Å². The van der Waals surface area contributed by atoms with Gasteiger partial charge in [-0.25, -0.2) is 8.78 Å². The first-order valence-electron chi connectivity index (χ1n) is 5.89. The first kappa shape index (κ1) is 14.4. The lowest BCUT2D eigenvalue weighted by Gasteiger charge is -2.27. The van der Waals surface area contributed by atoms with E-state index in [1.807, 2.05) is 6.92 Å². The third-order valence-electron chi connectivity index (χ3n) is 3.28. The van der Waals surface area contributed by atoms with Crippen LogP contribution in [0.25, 0.3) is 0 Å². The quantitative estimate of drug-likeness (QED) is 0.884. The molecule has 18 heavy (non-hydrogen) atoms. The summed E-state index contributed by atoms with van der Waals surface area (Å²) in [6.45, 7) is 8.87. The second-order valence-electron chi connectivity index (χ2n) is 5.55. The van der Waals surface area contributed by atoms with Crippen molar-refractivity contribution in [2.45, 2.75) is 27.7 Å². The molecule has 2 nitrogen and oxygen atoms in total. The molecule has 0 heterocycles. The Morgan fingerprint density at radius 2 is 1.89 bits per heavy atom. The molecule has 0 aliphatic rings. The molecule has 0 saturated heterocycles. The molecule has 0 aromatic heterocycles. The van der Waals surface area contributed by atoms with Gasteiger partial charge in [-0.15, -0.1) is 0 Å². The van der Waals surface area contributed by atoms with Gasteiger partial charge in [0.25, 0.3) is 0 Å². The van der Waals surface area contributed by atoms with Crippen LogP contribution in [0.4, 0.5) is 14.5 Å². The Morgan fingerprint density at radius 1 is 1.28 bits per heavy atom. The summed E-state index contributed by atoms with van der Waals surface area (Å²) in [4.78, 5) is 0. The monoisotopic (exact) mass is 252 g/mol. The summed E-state index contributed by atoms with van der Waals surface area (Å²) in [6.07, 6.45) is 0. The topological polar surface area (TPSA) is 35.8 Å². The van der Waals surface area contributed by atoms with E-state index in [2.05, 4.69) is 26.1 Å². The fourth-order valence-electron chi connectivity index (χ4n) is 1.34. The van der Waals surface area contributed by atoms with Gasteiger partial charge in [0.05, 0.1) is 11.3 Å². The molecular formula is C14H18F2N2. The van der Waals surface area contributed by atoms with E-state index in [1.54, 1.807) is 6.07 Å². The number of nitrogens with one attached hydrogen (secondary N) is 1. The Bertz CT molecular complexity index is 470. The number of hydrogen-bond donors (Lipinski definition) is 1. The molecule has 1 rings (SSSR count). The van der Waals surface area contributed by atoms with E-state index in [0.717, 1.165) is 0 Å². The molecule has 0 spiro atoms. The molecule has 0 radical (unpaired) electrons. The zero-order chi connectivity index (χ0) is 13.9. The van der Waals surface area contributed by atoms with Gasteiger partial charge in [0, 0.05) is 6.54 Å². The minimum atomic E-state index is -1.09. The number of benzene rings is 1. The van der Waals surface area contributed by atoms with Crippen molar-refractivity contribution < 1.29 is 8.78 Å². The number of rotatable bonds is 3. The van der Waals surface area contributed by atoms with Gasteiger partial charge in [0.2, 0.25) is 0 Å². The molecule has 0 bridgehead atoms. The van der Waals surface area contributed by atoms with Crippen molar-refractivity contribution in [2.24, 2.45) is 11.3 Å². The molecule has 1 aromatic rings. The Balaban J connectivity index is 2.82. The van der Waals surface area contributed by atoms with Gasteiger partial charge in [-0.3, -0.25) is 0 Å². The summed E-state index contributed by atoms with van der Waals surface area (Å²) in [5.74, 6) is -1.78. The van der Waals surface area contributed by atoms with E-state index < -0.39 is 11.6 Å². The first-order valence-corrected chi connectivity index (χ1v) is 5.89. The van der Waals surface area contributed by atoms with Gasteiger partial charge >= 0.3 is 0 Å². The predicted molar refractivity (Wildman–Crippen MR) is 68.2 cm³/mol. The van der Waals surface area contributed by atoms with E-state index in [1.165, 1.54) is 12.1 Å². The third-order valence-corrected chi connectivity index (χ3v) is 3.28. The summed E-state index contributed by atoms with van der Waals surface area (Å²) < 4.78 is 27.0. The highest BCUT2D eigenvalue weighted by atomic mass is 19.2. The van der Waals surface area contributed by atoms with E-state index in [4.69, 9.17) is 5.26 Å². The molecule has 1 N–H and O–H groups in total. The highest BCUT2D eigenvalue weighted by molar-refractivity contribution is 5.49. The van der Waals surface area contributed by atoms with Crippen LogP contribution in [0, 0.1) is 34.3 Å². The Morgan fingerprint density at radius 3 is 2.39 bits per heavy atom. The predicted octanol–water partition coefficient (Wildman–Crippen LogP) is 3.93. The molecule has 0 amide bonds. The molecule has 0 saturated carbocycles. The van der Waals surface area contributed by atoms with Crippen LogP contribution in [-0.4, -0.2) is 6.54 Å². The second-order valence-corrected chi connectivity index (χ2v) is 5.55. The Kier molecular flexibility index (Phi) is 4.28. The normalized spacial score (nSPS) is 12.9. The molecule has 0 aliphatic carbocycles. The largest absolute Gasteiger partial charge is 0.382 e. The van der Waals surface area contributed by atoms with Crippen LogP contribution in [0.15, 0.2) is 12.1 Å². The van der Waals surface area contributed by atoms with Crippen molar-refractivity contribution >= 4 is 5.69 Å². The van der Waals surface area contributed by atoms with Crippen LogP contribution in [0.3, 0.4) is 0 Å². The molecule has 98 valence electrons. The van der Waals surface area contributed by atoms with Crippen molar-refractivity contribution in [3.05, 3.63) is 29.3 Å². The fraction of sp³-hybridized carbons (Fsp3) is 0.500. The van der Waals surface area contributed by atoms with Crippen molar-refractivity contribution in [1.29, 1.82) is 5.26 Å². The van der Waals surface area contributed by atoms with Crippen molar-refractivity contribution in [2.75, 3.05) is 11.9 Å². The van der Waals surface area contributed by atoms with Crippen molar-refractivity contribution in [1.82, 2.24) is 0 Å².